The fraction of sp³-hybridized carbons (Fsp3) is 0. The lowest BCUT2D eigenvalue weighted by molar-refractivity contribution is 0.151. The Bertz CT molecular complexity index is 603. The third-order valence-electron chi connectivity index (χ3n) is 2.17. The molecule has 0 aliphatic carbocycles. The van der Waals surface area contributed by atoms with E-state index in [9.17, 15) is 4.79 Å². The summed E-state index contributed by atoms with van der Waals surface area (Å²) in [7, 11) is 0. The van der Waals surface area contributed by atoms with E-state index in [1.54, 1.807) is 12.1 Å². The van der Waals surface area contributed by atoms with Gasteiger partial charge in [0.25, 0.3) is 0 Å². The minimum absolute atomic E-state index is 0.497. The predicted octanol–water partition coefficient (Wildman–Crippen LogP) is 5.68. The molecule has 2 aromatic carbocycles. The molecular weight excluding hydrogens is 712 g/mol. The molecule has 0 aromatic heterocycles. The first kappa shape index (κ1) is 17.0. The second-order valence-electron chi connectivity index (χ2n) is 3.60. The summed E-state index contributed by atoms with van der Waals surface area (Å²) in [6.45, 7) is 0. The maximum atomic E-state index is 11.8. The molecule has 0 fully saturated rings. The molecule has 2 rings (SSSR count). The summed E-state index contributed by atoms with van der Waals surface area (Å²) < 4.78 is 14.3. The first-order chi connectivity index (χ1) is 9.45. The lowest BCUT2D eigenvalue weighted by Crippen LogP contribution is -2.15. The molecule has 0 aliphatic rings. The fourth-order valence-corrected chi connectivity index (χ4v) is 4.74. The summed E-state index contributed by atoms with van der Waals surface area (Å²) in [6, 6.07) is 11.1. The summed E-state index contributed by atoms with van der Waals surface area (Å²) >= 11 is 8.65. The highest BCUT2D eigenvalue weighted by Crippen LogP contribution is 2.26. The minimum Gasteiger partial charge on any atom is -0.394 e. The van der Waals surface area contributed by atoms with Crippen LogP contribution in [0.3, 0.4) is 0 Å². The van der Waals surface area contributed by atoms with Gasteiger partial charge in [-0.2, -0.15) is 0 Å². The Labute approximate surface area is 170 Å². The first-order valence-electron chi connectivity index (χ1n) is 5.25. The van der Waals surface area contributed by atoms with E-state index in [2.05, 4.69) is 90.4 Å². The second kappa shape index (κ2) is 7.76. The van der Waals surface area contributed by atoms with E-state index in [1.165, 1.54) is 0 Å². The summed E-state index contributed by atoms with van der Waals surface area (Å²) in [5.74, 6) is 0.994. The van der Waals surface area contributed by atoms with Crippen molar-refractivity contribution in [3.63, 3.8) is 0 Å². The number of carbonyl (C=O) groups excluding carboxylic acids is 1. The van der Waals surface area contributed by atoms with Crippen molar-refractivity contribution in [2.45, 2.75) is 0 Å². The van der Waals surface area contributed by atoms with Gasteiger partial charge in [-0.25, -0.2) is 4.79 Å². The van der Waals surface area contributed by atoms with E-state index in [0.717, 1.165) is 14.3 Å². The van der Waals surface area contributed by atoms with E-state index < -0.39 is 6.16 Å². The van der Waals surface area contributed by atoms with Gasteiger partial charge in [-0.05, 0) is 127 Å². The zero-order valence-corrected chi connectivity index (χ0v) is 18.3. The predicted molar refractivity (Wildman–Crippen MR) is 110 cm³/mol. The van der Waals surface area contributed by atoms with Gasteiger partial charge in [-0.3, -0.25) is 0 Å². The number of hydrogen-bond acceptors (Lipinski definition) is 3. The van der Waals surface area contributed by atoms with E-state index >= 15 is 0 Å². The van der Waals surface area contributed by atoms with E-state index in [1.807, 2.05) is 24.3 Å². The molecule has 20 heavy (non-hydrogen) atoms. The van der Waals surface area contributed by atoms with Gasteiger partial charge in [0.2, 0.25) is 0 Å². The van der Waals surface area contributed by atoms with Gasteiger partial charge in [0.15, 0.2) is 0 Å². The van der Waals surface area contributed by atoms with E-state index in [-0.39, 0.29) is 0 Å². The van der Waals surface area contributed by atoms with Crippen LogP contribution in [0.5, 0.6) is 11.5 Å². The van der Waals surface area contributed by atoms with Crippen LogP contribution >= 0.6 is 90.4 Å². The Morgan fingerprint density at radius 2 is 1.15 bits per heavy atom. The Balaban J connectivity index is 2.09. The zero-order valence-electron chi connectivity index (χ0n) is 9.70. The monoisotopic (exact) mass is 718 g/mol. The van der Waals surface area contributed by atoms with Gasteiger partial charge in [0, 0.05) is 7.14 Å². The molecular formula is C13H6I4O3. The smallest absolute Gasteiger partial charge is 0.394 e. The number of benzene rings is 2. The molecule has 0 amide bonds. The normalized spacial score (nSPS) is 10.2. The van der Waals surface area contributed by atoms with Crippen LogP contribution in [0.4, 0.5) is 4.79 Å². The van der Waals surface area contributed by atoms with Crippen molar-refractivity contribution < 1.29 is 14.3 Å². The van der Waals surface area contributed by atoms with Gasteiger partial charge < -0.3 is 9.47 Å². The van der Waals surface area contributed by atoms with Crippen molar-refractivity contribution in [2.24, 2.45) is 0 Å². The average Bonchev–Trinajstić information content (AvgIpc) is 2.36. The number of halogens is 4. The molecule has 0 atom stereocenters. The van der Waals surface area contributed by atoms with Crippen molar-refractivity contribution >= 4 is 96.5 Å². The quantitative estimate of drug-likeness (QED) is 0.228. The van der Waals surface area contributed by atoms with E-state index in [0.29, 0.717) is 11.5 Å². The molecule has 0 heterocycles. The minimum atomic E-state index is -0.733. The standard InChI is InChI=1S/C13H6I4O3/c14-7-1-3-11(9(16)5-7)19-13(18)20-12-4-2-8(15)6-10(12)17/h1-6H. The maximum Gasteiger partial charge on any atom is 0.519 e. The molecule has 104 valence electrons. The number of ether oxygens (including phenoxy) is 2. The summed E-state index contributed by atoms with van der Waals surface area (Å²) in [6.07, 6.45) is -0.733. The van der Waals surface area contributed by atoms with Crippen molar-refractivity contribution in [1.29, 1.82) is 0 Å². The maximum absolute atomic E-state index is 11.8. The molecule has 0 spiro atoms. The Morgan fingerprint density at radius 3 is 1.50 bits per heavy atom. The molecule has 0 saturated heterocycles. The van der Waals surface area contributed by atoms with Crippen LogP contribution < -0.4 is 9.47 Å². The van der Waals surface area contributed by atoms with Crippen LogP contribution in [0, 0.1) is 14.3 Å². The van der Waals surface area contributed by atoms with Gasteiger partial charge in [-0.1, -0.05) is 0 Å². The largest absolute Gasteiger partial charge is 0.519 e. The molecule has 0 saturated carbocycles. The van der Waals surface area contributed by atoms with Crippen LogP contribution in [0.15, 0.2) is 36.4 Å². The fourth-order valence-electron chi connectivity index (χ4n) is 1.32. The van der Waals surface area contributed by atoms with Gasteiger partial charge in [0.05, 0.1) is 7.14 Å². The van der Waals surface area contributed by atoms with Crippen LogP contribution in [-0.2, 0) is 0 Å². The number of rotatable bonds is 2. The van der Waals surface area contributed by atoms with Crippen LogP contribution in [0.2, 0.25) is 0 Å². The second-order valence-corrected chi connectivity index (χ2v) is 8.42. The van der Waals surface area contributed by atoms with Gasteiger partial charge in [-0.15, -0.1) is 0 Å². The highest BCUT2D eigenvalue weighted by Gasteiger charge is 2.12. The summed E-state index contributed by atoms with van der Waals surface area (Å²) in [5.41, 5.74) is 0. The third-order valence-corrected chi connectivity index (χ3v) is 5.20. The molecule has 7 heteroatoms. The van der Waals surface area contributed by atoms with Gasteiger partial charge >= 0.3 is 6.16 Å². The van der Waals surface area contributed by atoms with Crippen molar-refractivity contribution in [3.8, 4) is 11.5 Å². The lowest BCUT2D eigenvalue weighted by atomic mass is 10.3. The third kappa shape index (κ3) is 4.83. The number of hydrogen-bond donors (Lipinski definition) is 0. The first-order valence-corrected chi connectivity index (χ1v) is 9.57. The molecule has 0 bridgehead atoms. The number of carbonyl (C=O) groups is 1. The summed E-state index contributed by atoms with van der Waals surface area (Å²) in [5, 5.41) is 0. The van der Waals surface area contributed by atoms with Crippen molar-refractivity contribution in [3.05, 3.63) is 50.7 Å². The molecule has 2 aromatic rings. The van der Waals surface area contributed by atoms with Gasteiger partial charge in [0.1, 0.15) is 11.5 Å². The van der Waals surface area contributed by atoms with E-state index in [4.69, 9.17) is 9.47 Å². The molecule has 3 nitrogen and oxygen atoms in total. The summed E-state index contributed by atoms with van der Waals surface area (Å²) in [4.78, 5) is 11.8. The SMILES string of the molecule is O=C(Oc1ccc(I)cc1I)Oc1ccc(I)cc1I. The highest BCUT2D eigenvalue weighted by atomic mass is 127. The van der Waals surface area contributed by atoms with Crippen molar-refractivity contribution in [2.75, 3.05) is 0 Å². The van der Waals surface area contributed by atoms with Crippen molar-refractivity contribution in [1.82, 2.24) is 0 Å². The molecule has 0 radical (unpaired) electrons. The Kier molecular flexibility index (Phi) is 6.59. The Hall–Kier alpha value is 0.630. The average molecular weight is 718 g/mol. The van der Waals surface area contributed by atoms with Crippen LogP contribution in [-0.4, -0.2) is 6.16 Å². The molecule has 0 aliphatic heterocycles. The molecule has 0 unspecified atom stereocenters. The molecule has 0 N–H and O–H groups in total. The topological polar surface area (TPSA) is 35.5 Å². The Morgan fingerprint density at radius 1 is 0.750 bits per heavy atom. The highest BCUT2D eigenvalue weighted by molar-refractivity contribution is 14.1. The van der Waals surface area contributed by atoms with Crippen LogP contribution in [0.25, 0.3) is 0 Å². The zero-order chi connectivity index (χ0) is 14.7. The van der Waals surface area contributed by atoms with Crippen LogP contribution in [0.1, 0.15) is 0 Å². The lowest BCUT2D eigenvalue weighted by Gasteiger charge is -2.08.